The molecule has 0 aromatic carbocycles. The number of halogens is 1. The Hall–Kier alpha value is -0.600. The molecule has 0 amide bonds. The van der Waals surface area contributed by atoms with Gasteiger partial charge in [0.05, 0.1) is 0 Å². The molecule has 1 aromatic rings. The number of hydrogen-bond acceptors (Lipinski definition) is 2. The molecule has 0 radical (unpaired) electrons. The van der Waals surface area contributed by atoms with Gasteiger partial charge in [-0.3, -0.25) is 0 Å². The maximum Gasteiger partial charge on any atom is 0.133 e. The van der Waals surface area contributed by atoms with Crippen molar-refractivity contribution < 1.29 is 0 Å². The summed E-state index contributed by atoms with van der Waals surface area (Å²) in [6.07, 6.45) is 1.73. The van der Waals surface area contributed by atoms with Gasteiger partial charge in [-0.2, -0.15) is 0 Å². The molecule has 0 saturated carbocycles. The fourth-order valence-electron chi connectivity index (χ4n) is 0.894. The molecular weight excluding hydrogens is 160 g/mol. The van der Waals surface area contributed by atoms with Crippen LogP contribution in [-0.4, -0.2) is 4.98 Å². The zero-order valence-electron chi connectivity index (χ0n) is 6.63. The van der Waals surface area contributed by atoms with Gasteiger partial charge in [0.15, 0.2) is 0 Å². The second kappa shape index (κ2) is 3.20. The third-order valence-electron chi connectivity index (χ3n) is 1.49. The fraction of sp³-hybridized carbons (Fsp3) is 0.375. The van der Waals surface area contributed by atoms with E-state index in [-0.39, 0.29) is 6.04 Å². The number of rotatable bonds is 1. The monoisotopic (exact) mass is 170 g/mol. The first kappa shape index (κ1) is 8.50. The molecule has 0 aliphatic carbocycles. The van der Waals surface area contributed by atoms with Gasteiger partial charge >= 0.3 is 0 Å². The van der Waals surface area contributed by atoms with Gasteiger partial charge in [-0.25, -0.2) is 4.98 Å². The Labute approximate surface area is 71.4 Å². The Morgan fingerprint density at radius 3 is 2.73 bits per heavy atom. The van der Waals surface area contributed by atoms with Crippen LogP contribution in [0.4, 0.5) is 0 Å². The first-order valence-corrected chi connectivity index (χ1v) is 3.86. The van der Waals surface area contributed by atoms with Crippen molar-refractivity contribution in [3.05, 3.63) is 28.5 Å². The summed E-state index contributed by atoms with van der Waals surface area (Å²) >= 11 is 5.80. The predicted molar refractivity (Wildman–Crippen MR) is 46.6 cm³/mol. The van der Waals surface area contributed by atoms with Crippen molar-refractivity contribution in [1.29, 1.82) is 0 Å². The van der Waals surface area contributed by atoms with E-state index in [1.165, 1.54) is 0 Å². The normalized spacial score (nSPS) is 13.1. The molecule has 2 nitrogen and oxygen atoms in total. The molecule has 1 rings (SSSR count). The molecule has 0 fully saturated rings. The minimum Gasteiger partial charge on any atom is -0.324 e. The largest absolute Gasteiger partial charge is 0.324 e. The number of aromatic nitrogens is 1. The molecule has 0 aliphatic rings. The van der Waals surface area contributed by atoms with Crippen LogP contribution in [0.2, 0.25) is 5.15 Å². The number of nitrogens with zero attached hydrogens (tertiary/aromatic N) is 1. The van der Waals surface area contributed by atoms with Crippen LogP contribution in [-0.2, 0) is 0 Å². The lowest BCUT2D eigenvalue weighted by atomic mass is 10.1. The van der Waals surface area contributed by atoms with Crippen LogP contribution in [0.25, 0.3) is 0 Å². The molecule has 0 bridgehead atoms. The minimum absolute atomic E-state index is 0.0464. The Morgan fingerprint density at radius 1 is 1.64 bits per heavy atom. The molecule has 1 aromatic heterocycles. The molecule has 1 heterocycles. The van der Waals surface area contributed by atoms with Crippen molar-refractivity contribution in [2.75, 3.05) is 0 Å². The van der Waals surface area contributed by atoms with E-state index in [2.05, 4.69) is 4.98 Å². The molecule has 0 saturated heterocycles. The van der Waals surface area contributed by atoms with Gasteiger partial charge in [0, 0.05) is 17.8 Å². The molecule has 11 heavy (non-hydrogen) atoms. The van der Waals surface area contributed by atoms with Gasteiger partial charge in [-0.15, -0.1) is 0 Å². The highest BCUT2D eigenvalue weighted by Crippen LogP contribution is 2.19. The molecular formula is C8H11ClN2. The second-order valence-electron chi connectivity index (χ2n) is 2.68. The lowest BCUT2D eigenvalue weighted by molar-refractivity contribution is 0.810. The van der Waals surface area contributed by atoms with Gasteiger partial charge in [0.2, 0.25) is 0 Å². The van der Waals surface area contributed by atoms with E-state index in [0.29, 0.717) is 5.15 Å². The molecule has 1 unspecified atom stereocenters. The Balaban J connectivity index is 3.13. The summed E-state index contributed by atoms with van der Waals surface area (Å²) in [5.41, 5.74) is 7.65. The highest BCUT2D eigenvalue weighted by molar-refractivity contribution is 6.30. The van der Waals surface area contributed by atoms with Gasteiger partial charge in [0.1, 0.15) is 5.15 Å². The van der Waals surface area contributed by atoms with Gasteiger partial charge in [-0.05, 0) is 25.5 Å². The summed E-state index contributed by atoms with van der Waals surface area (Å²) in [5.74, 6) is 0. The first-order chi connectivity index (χ1) is 5.11. The van der Waals surface area contributed by atoms with Gasteiger partial charge < -0.3 is 5.73 Å². The number of hydrogen-bond donors (Lipinski definition) is 1. The van der Waals surface area contributed by atoms with Gasteiger partial charge in [-0.1, -0.05) is 11.6 Å². The zero-order valence-corrected chi connectivity index (χ0v) is 7.39. The Kier molecular flexibility index (Phi) is 2.47. The second-order valence-corrected chi connectivity index (χ2v) is 3.04. The van der Waals surface area contributed by atoms with E-state index in [1.807, 2.05) is 19.9 Å². The lowest BCUT2D eigenvalue weighted by Gasteiger charge is -2.07. The van der Waals surface area contributed by atoms with Crippen LogP contribution in [0.3, 0.4) is 0 Å². The van der Waals surface area contributed by atoms with Crippen LogP contribution in [0, 0.1) is 6.92 Å². The maximum absolute atomic E-state index is 5.80. The molecule has 3 heteroatoms. The third-order valence-corrected chi connectivity index (χ3v) is 1.81. The van der Waals surface area contributed by atoms with Crippen molar-refractivity contribution in [3.63, 3.8) is 0 Å². The molecule has 0 aliphatic heterocycles. The number of aryl methyl sites for hydroxylation is 1. The minimum atomic E-state index is -0.0464. The quantitative estimate of drug-likeness (QED) is 0.656. The van der Waals surface area contributed by atoms with E-state index >= 15 is 0 Å². The van der Waals surface area contributed by atoms with E-state index in [1.54, 1.807) is 6.20 Å². The highest BCUT2D eigenvalue weighted by Gasteiger charge is 2.05. The lowest BCUT2D eigenvalue weighted by Crippen LogP contribution is -2.06. The SMILES string of the molecule is Cc1cnc(Cl)c(C(C)N)c1. The van der Waals surface area contributed by atoms with Crippen LogP contribution in [0.1, 0.15) is 24.1 Å². The summed E-state index contributed by atoms with van der Waals surface area (Å²) in [6, 6.07) is 1.91. The van der Waals surface area contributed by atoms with Crippen molar-refractivity contribution in [2.45, 2.75) is 19.9 Å². The summed E-state index contributed by atoms with van der Waals surface area (Å²) < 4.78 is 0. The summed E-state index contributed by atoms with van der Waals surface area (Å²) in [4.78, 5) is 3.99. The van der Waals surface area contributed by atoms with Crippen molar-refractivity contribution in [2.24, 2.45) is 5.73 Å². The average molecular weight is 171 g/mol. The standard InChI is InChI=1S/C8H11ClN2/c1-5-3-7(6(2)10)8(9)11-4-5/h3-4,6H,10H2,1-2H3. The highest BCUT2D eigenvalue weighted by atomic mass is 35.5. The maximum atomic E-state index is 5.80. The smallest absolute Gasteiger partial charge is 0.133 e. The molecule has 60 valence electrons. The zero-order chi connectivity index (χ0) is 8.43. The predicted octanol–water partition coefficient (Wildman–Crippen LogP) is 2.06. The summed E-state index contributed by atoms with van der Waals surface area (Å²) in [7, 11) is 0. The number of nitrogens with two attached hydrogens (primary N) is 1. The first-order valence-electron chi connectivity index (χ1n) is 3.49. The van der Waals surface area contributed by atoms with E-state index in [0.717, 1.165) is 11.1 Å². The average Bonchev–Trinajstić information content (AvgIpc) is 1.94. The van der Waals surface area contributed by atoms with Crippen LogP contribution >= 0.6 is 11.6 Å². The van der Waals surface area contributed by atoms with E-state index < -0.39 is 0 Å². The molecule has 2 N–H and O–H groups in total. The van der Waals surface area contributed by atoms with Crippen molar-refractivity contribution in [1.82, 2.24) is 4.98 Å². The van der Waals surface area contributed by atoms with Gasteiger partial charge in [0.25, 0.3) is 0 Å². The Morgan fingerprint density at radius 2 is 2.27 bits per heavy atom. The molecule has 0 spiro atoms. The fourth-order valence-corrected chi connectivity index (χ4v) is 1.17. The van der Waals surface area contributed by atoms with Crippen LogP contribution < -0.4 is 5.73 Å². The summed E-state index contributed by atoms with van der Waals surface area (Å²) in [5, 5.41) is 0.505. The van der Waals surface area contributed by atoms with Crippen LogP contribution in [0.15, 0.2) is 12.3 Å². The number of pyridine rings is 1. The van der Waals surface area contributed by atoms with Crippen molar-refractivity contribution in [3.8, 4) is 0 Å². The molecule has 1 atom stereocenters. The Bertz CT molecular complexity index is 258. The topological polar surface area (TPSA) is 38.9 Å². The summed E-state index contributed by atoms with van der Waals surface area (Å²) in [6.45, 7) is 3.86. The third kappa shape index (κ3) is 1.91. The van der Waals surface area contributed by atoms with E-state index in [4.69, 9.17) is 17.3 Å². The van der Waals surface area contributed by atoms with Crippen molar-refractivity contribution >= 4 is 11.6 Å². The van der Waals surface area contributed by atoms with E-state index in [9.17, 15) is 0 Å². The van der Waals surface area contributed by atoms with Crippen LogP contribution in [0.5, 0.6) is 0 Å².